The fraction of sp³-hybridized carbons (Fsp3) is 0.650. The molecule has 0 aromatic carbocycles. The van der Waals surface area contributed by atoms with Crippen molar-refractivity contribution in [1.29, 1.82) is 0 Å². The van der Waals surface area contributed by atoms with E-state index in [4.69, 9.17) is 4.42 Å². The standard InChI is InChI=1S/C20H28N4O2/c1-20(2,3)17-8-9-19(25)24(22-17)12-15-5-4-10-23(15)13-18-21-11-16(26-18)14-6-7-14/h8-9,11,14-15H,4-7,10,12-13H2,1-3H3. The molecular weight excluding hydrogens is 328 g/mol. The Morgan fingerprint density at radius 2 is 2.04 bits per heavy atom. The lowest BCUT2D eigenvalue weighted by molar-refractivity contribution is 0.195. The molecule has 140 valence electrons. The maximum Gasteiger partial charge on any atom is 0.266 e. The van der Waals surface area contributed by atoms with Crippen LogP contribution in [0.4, 0.5) is 0 Å². The fourth-order valence-electron chi connectivity index (χ4n) is 3.62. The average molecular weight is 356 g/mol. The normalized spacial score (nSPS) is 21.4. The largest absolute Gasteiger partial charge is 0.444 e. The van der Waals surface area contributed by atoms with Gasteiger partial charge in [0.1, 0.15) is 5.76 Å². The van der Waals surface area contributed by atoms with E-state index < -0.39 is 0 Å². The number of aromatic nitrogens is 3. The van der Waals surface area contributed by atoms with Crippen LogP contribution in [0.2, 0.25) is 0 Å². The summed E-state index contributed by atoms with van der Waals surface area (Å²) in [5.74, 6) is 2.42. The van der Waals surface area contributed by atoms with Crippen LogP contribution in [0.25, 0.3) is 0 Å². The molecule has 6 heteroatoms. The van der Waals surface area contributed by atoms with Crippen molar-refractivity contribution in [3.05, 3.63) is 46.0 Å². The summed E-state index contributed by atoms with van der Waals surface area (Å²) in [5, 5.41) is 4.62. The first kappa shape index (κ1) is 17.5. The number of hydrogen-bond acceptors (Lipinski definition) is 5. The highest BCUT2D eigenvalue weighted by atomic mass is 16.4. The van der Waals surface area contributed by atoms with Crippen molar-refractivity contribution >= 4 is 0 Å². The molecule has 1 aliphatic carbocycles. The van der Waals surface area contributed by atoms with Crippen LogP contribution in [0.3, 0.4) is 0 Å². The van der Waals surface area contributed by atoms with E-state index in [2.05, 4.69) is 35.8 Å². The Morgan fingerprint density at radius 1 is 1.23 bits per heavy atom. The Labute approximate surface area is 154 Å². The molecule has 6 nitrogen and oxygen atoms in total. The van der Waals surface area contributed by atoms with Crippen LogP contribution in [0.5, 0.6) is 0 Å². The SMILES string of the molecule is CC(C)(C)c1ccc(=O)n(CC2CCCN2Cc2ncc(C3CC3)o2)n1. The molecule has 0 radical (unpaired) electrons. The lowest BCUT2D eigenvalue weighted by Crippen LogP contribution is -2.37. The maximum atomic E-state index is 12.3. The van der Waals surface area contributed by atoms with Gasteiger partial charge in [0, 0.05) is 23.4 Å². The first-order chi connectivity index (χ1) is 12.4. The number of likely N-dealkylation sites (tertiary alicyclic amines) is 1. The molecule has 0 N–H and O–H groups in total. The van der Waals surface area contributed by atoms with Crippen molar-refractivity contribution in [2.45, 2.75) is 76.9 Å². The number of rotatable bonds is 5. The second kappa shape index (κ2) is 6.65. The van der Waals surface area contributed by atoms with E-state index in [1.54, 1.807) is 10.7 Å². The molecule has 26 heavy (non-hydrogen) atoms. The van der Waals surface area contributed by atoms with Crippen LogP contribution in [-0.2, 0) is 18.5 Å². The number of oxazole rings is 1. The van der Waals surface area contributed by atoms with Gasteiger partial charge in [0.2, 0.25) is 5.89 Å². The van der Waals surface area contributed by atoms with Gasteiger partial charge in [-0.1, -0.05) is 20.8 Å². The molecule has 4 rings (SSSR count). The van der Waals surface area contributed by atoms with E-state index in [0.717, 1.165) is 36.7 Å². The average Bonchev–Trinajstić information content (AvgIpc) is 3.18. The quantitative estimate of drug-likeness (QED) is 0.824. The van der Waals surface area contributed by atoms with Crippen molar-refractivity contribution in [3.63, 3.8) is 0 Å². The molecule has 0 bridgehead atoms. The lowest BCUT2D eigenvalue weighted by atomic mass is 9.92. The van der Waals surface area contributed by atoms with Crippen LogP contribution in [0, 0.1) is 0 Å². The summed E-state index contributed by atoms with van der Waals surface area (Å²) >= 11 is 0. The summed E-state index contributed by atoms with van der Waals surface area (Å²) in [4.78, 5) is 19.1. The third-order valence-electron chi connectivity index (χ3n) is 5.41. The summed E-state index contributed by atoms with van der Waals surface area (Å²) < 4.78 is 7.55. The van der Waals surface area contributed by atoms with E-state index in [1.165, 1.54) is 12.8 Å². The lowest BCUT2D eigenvalue weighted by Gasteiger charge is -2.24. The molecule has 0 amide bonds. The molecule has 1 saturated carbocycles. The number of nitrogens with zero attached hydrogens (tertiary/aromatic N) is 4. The minimum atomic E-state index is -0.0673. The third kappa shape index (κ3) is 3.75. The van der Waals surface area contributed by atoms with E-state index in [1.807, 2.05) is 12.3 Å². The van der Waals surface area contributed by atoms with Crippen molar-refractivity contribution in [3.8, 4) is 0 Å². The Hall–Kier alpha value is -1.95. The highest BCUT2D eigenvalue weighted by Gasteiger charge is 2.30. The highest BCUT2D eigenvalue weighted by molar-refractivity contribution is 5.11. The maximum absolute atomic E-state index is 12.3. The van der Waals surface area contributed by atoms with Crippen LogP contribution in [-0.4, -0.2) is 32.3 Å². The summed E-state index contributed by atoms with van der Waals surface area (Å²) in [7, 11) is 0. The second-order valence-electron chi connectivity index (χ2n) is 8.69. The van der Waals surface area contributed by atoms with Gasteiger partial charge < -0.3 is 4.42 Å². The third-order valence-corrected chi connectivity index (χ3v) is 5.41. The van der Waals surface area contributed by atoms with Crippen molar-refractivity contribution in [2.75, 3.05) is 6.54 Å². The zero-order valence-corrected chi connectivity index (χ0v) is 15.9. The Bertz CT molecular complexity index is 829. The molecular formula is C20H28N4O2. The van der Waals surface area contributed by atoms with Gasteiger partial charge in [-0.15, -0.1) is 0 Å². The minimum Gasteiger partial charge on any atom is -0.444 e. The van der Waals surface area contributed by atoms with Gasteiger partial charge in [0.15, 0.2) is 0 Å². The van der Waals surface area contributed by atoms with Crippen molar-refractivity contribution in [2.24, 2.45) is 0 Å². The summed E-state index contributed by atoms with van der Waals surface area (Å²) in [6.07, 6.45) is 6.54. The summed E-state index contributed by atoms with van der Waals surface area (Å²) in [5.41, 5.74) is 0.850. The number of hydrogen-bond donors (Lipinski definition) is 0. The highest BCUT2D eigenvalue weighted by Crippen LogP contribution is 2.40. The zero-order chi connectivity index (χ0) is 18.3. The molecule has 0 spiro atoms. The molecule has 3 heterocycles. The van der Waals surface area contributed by atoms with Gasteiger partial charge in [-0.05, 0) is 38.3 Å². The second-order valence-corrected chi connectivity index (χ2v) is 8.69. The smallest absolute Gasteiger partial charge is 0.266 e. The molecule has 1 aliphatic heterocycles. The minimum absolute atomic E-state index is 0.0306. The van der Waals surface area contributed by atoms with Crippen LogP contribution in [0.15, 0.2) is 27.5 Å². The van der Waals surface area contributed by atoms with Gasteiger partial charge in [-0.3, -0.25) is 9.69 Å². The van der Waals surface area contributed by atoms with Gasteiger partial charge in [0.25, 0.3) is 5.56 Å². The molecule has 2 aromatic rings. The predicted octanol–water partition coefficient (Wildman–Crippen LogP) is 3.07. The monoisotopic (exact) mass is 356 g/mol. The van der Waals surface area contributed by atoms with Crippen LogP contribution in [0.1, 0.15) is 69.7 Å². The topological polar surface area (TPSA) is 64.2 Å². The molecule has 1 saturated heterocycles. The van der Waals surface area contributed by atoms with Crippen LogP contribution >= 0.6 is 0 Å². The van der Waals surface area contributed by atoms with E-state index in [9.17, 15) is 4.79 Å². The van der Waals surface area contributed by atoms with E-state index in [0.29, 0.717) is 25.0 Å². The van der Waals surface area contributed by atoms with Gasteiger partial charge in [-0.2, -0.15) is 5.10 Å². The first-order valence-corrected chi connectivity index (χ1v) is 9.67. The van der Waals surface area contributed by atoms with Gasteiger partial charge in [0.05, 0.1) is 25.0 Å². The van der Waals surface area contributed by atoms with Crippen molar-refractivity contribution < 1.29 is 4.42 Å². The Kier molecular flexibility index (Phi) is 4.47. The Balaban J connectivity index is 1.47. The summed E-state index contributed by atoms with van der Waals surface area (Å²) in [6.45, 7) is 8.70. The van der Waals surface area contributed by atoms with Gasteiger partial charge in [-0.25, -0.2) is 9.67 Å². The summed E-state index contributed by atoms with van der Waals surface area (Å²) in [6, 6.07) is 3.78. The van der Waals surface area contributed by atoms with Gasteiger partial charge >= 0.3 is 0 Å². The van der Waals surface area contributed by atoms with E-state index in [-0.39, 0.29) is 11.0 Å². The molecule has 2 fully saturated rings. The predicted molar refractivity (Wildman–Crippen MR) is 99.1 cm³/mol. The first-order valence-electron chi connectivity index (χ1n) is 9.67. The van der Waals surface area contributed by atoms with E-state index >= 15 is 0 Å². The Morgan fingerprint density at radius 3 is 2.77 bits per heavy atom. The fourth-order valence-corrected chi connectivity index (χ4v) is 3.62. The molecule has 1 unspecified atom stereocenters. The van der Waals surface area contributed by atoms with Crippen LogP contribution < -0.4 is 5.56 Å². The molecule has 2 aliphatic rings. The molecule has 2 aromatic heterocycles. The molecule has 1 atom stereocenters. The van der Waals surface area contributed by atoms with Crippen molar-refractivity contribution in [1.82, 2.24) is 19.7 Å². The zero-order valence-electron chi connectivity index (χ0n) is 15.9.